The molecule has 0 fully saturated rings. The molecule has 1 amide bonds. The molecule has 0 spiro atoms. The number of carbonyl (C=O) groups is 1. The van der Waals surface area contributed by atoms with Gasteiger partial charge in [-0.15, -0.1) is 0 Å². The second-order valence-electron chi connectivity index (χ2n) is 5.77. The summed E-state index contributed by atoms with van der Waals surface area (Å²) in [5.74, 6) is -0.443. The number of nitrogens with zero attached hydrogens (tertiary/aromatic N) is 2. The summed E-state index contributed by atoms with van der Waals surface area (Å²) >= 11 is 0. The molecule has 1 heterocycles. The van der Waals surface area contributed by atoms with Crippen LogP contribution in [-0.2, 0) is 15.0 Å². The quantitative estimate of drug-likeness (QED) is 0.929. The first-order valence-electron chi connectivity index (χ1n) is 7.55. The van der Waals surface area contributed by atoms with E-state index >= 15 is 0 Å². The first-order valence-corrected chi connectivity index (χ1v) is 8.94. The summed E-state index contributed by atoms with van der Waals surface area (Å²) in [7, 11) is -0.510. The first kappa shape index (κ1) is 16.3. The van der Waals surface area contributed by atoms with Gasteiger partial charge < -0.3 is 5.32 Å². The minimum absolute atomic E-state index is 0.141. The van der Waals surface area contributed by atoms with Gasteiger partial charge in [-0.05, 0) is 30.7 Å². The zero-order chi connectivity index (χ0) is 17.5. The maximum atomic E-state index is 12.4. The van der Waals surface area contributed by atoms with Crippen LogP contribution in [0.15, 0.2) is 48.5 Å². The Labute approximate surface area is 141 Å². The Bertz CT molecular complexity index is 881. The van der Waals surface area contributed by atoms with Crippen molar-refractivity contribution in [3.05, 3.63) is 54.1 Å². The minimum atomic E-state index is -3.51. The lowest BCUT2D eigenvalue weighted by atomic mass is 10.0. The molecule has 0 aromatic heterocycles. The van der Waals surface area contributed by atoms with Crippen molar-refractivity contribution in [3.8, 4) is 0 Å². The Balaban J connectivity index is 1.83. The van der Waals surface area contributed by atoms with Crippen LogP contribution in [-0.4, -0.2) is 28.4 Å². The fourth-order valence-electron chi connectivity index (χ4n) is 2.70. The van der Waals surface area contributed by atoms with Crippen molar-refractivity contribution in [2.75, 3.05) is 28.0 Å². The van der Waals surface area contributed by atoms with E-state index in [-0.39, 0.29) is 11.8 Å². The molecular formula is C17H19N3O3S. The average molecular weight is 345 g/mol. The van der Waals surface area contributed by atoms with E-state index in [0.717, 1.165) is 5.56 Å². The summed E-state index contributed by atoms with van der Waals surface area (Å²) < 4.78 is 26.7. The van der Waals surface area contributed by atoms with Crippen LogP contribution in [0, 0.1) is 0 Å². The second kappa shape index (κ2) is 5.83. The van der Waals surface area contributed by atoms with Crippen LogP contribution >= 0.6 is 0 Å². The predicted molar refractivity (Wildman–Crippen MR) is 95.7 cm³/mol. The van der Waals surface area contributed by atoms with Crippen LogP contribution in [0.5, 0.6) is 0 Å². The molecule has 2 aromatic rings. The number of benzene rings is 2. The van der Waals surface area contributed by atoms with E-state index in [1.807, 2.05) is 37.3 Å². The fraction of sp³-hybridized carbons (Fsp3) is 0.235. The topological polar surface area (TPSA) is 69.7 Å². The monoisotopic (exact) mass is 345 g/mol. The van der Waals surface area contributed by atoms with Gasteiger partial charge in [-0.3, -0.25) is 13.4 Å². The Morgan fingerprint density at radius 3 is 2.29 bits per heavy atom. The summed E-state index contributed by atoms with van der Waals surface area (Å²) in [4.78, 5) is 12.4. The number of nitrogens with one attached hydrogen (secondary N) is 1. The van der Waals surface area contributed by atoms with Gasteiger partial charge in [-0.25, -0.2) is 0 Å². The number of fused-ring (bicyclic) bond motifs is 1. The number of amides is 1. The summed E-state index contributed by atoms with van der Waals surface area (Å²) in [5.41, 5.74) is 2.63. The summed E-state index contributed by atoms with van der Waals surface area (Å²) in [6, 6.07) is 14.6. The molecule has 24 heavy (non-hydrogen) atoms. The number of anilines is 3. The van der Waals surface area contributed by atoms with Crippen LogP contribution in [0.1, 0.15) is 18.4 Å². The van der Waals surface area contributed by atoms with Gasteiger partial charge >= 0.3 is 10.2 Å². The molecule has 1 unspecified atom stereocenters. The predicted octanol–water partition coefficient (Wildman–Crippen LogP) is 2.56. The third-order valence-electron chi connectivity index (χ3n) is 4.31. The summed E-state index contributed by atoms with van der Waals surface area (Å²) in [6.07, 6.45) is 0. The first-order chi connectivity index (χ1) is 11.3. The van der Waals surface area contributed by atoms with Gasteiger partial charge in [0.2, 0.25) is 5.91 Å². The minimum Gasteiger partial charge on any atom is -0.325 e. The normalized spacial score (nSPS) is 16.6. The molecule has 0 aliphatic carbocycles. The Hall–Kier alpha value is -2.54. The van der Waals surface area contributed by atoms with Gasteiger partial charge in [0.25, 0.3) is 0 Å². The van der Waals surface area contributed by atoms with E-state index in [9.17, 15) is 13.2 Å². The number of hydrogen-bond donors (Lipinski definition) is 1. The highest BCUT2D eigenvalue weighted by atomic mass is 32.2. The highest BCUT2D eigenvalue weighted by molar-refractivity contribution is 7.94. The molecule has 0 radical (unpaired) electrons. The lowest BCUT2D eigenvalue weighted by Crippen LogP contribution is -2.32. The Kier molecular flexibility index (Phi) is 3.96. The van der Waals surface area contributed by atoms with Gasteiger partial charge in [-0.1, -0.05) is 30.3 Å². The van der Waals surface area contributed by atoms with Crippen molar-refractivity contribution >= 4 is 33.2 Å². The zero-order valence-electron chi connectivity index (χ0n) is 13.7. The smallest absolute Gasteiger partial charge is 0.325 e. The van der Waals surface area contributed by atoms with Gasteiger partial charge in [0.1, 0.15) is 0 Å². The van der Waals surface area contributed by atoms with E-state index in [4.69, 9.17) is 0 Å². The van der Waals surface area contributed by atoms with Crippen LogP contribution in [0.4, 0.5) is 17.1 Å². The molecule has 0 saturated heterocycles. The maximum Gasteiger partial charge on any atom is 0.326 e. The lowest BCUT2D eigenvalue weighted by Gasteiger charge is -2.14. The number of hydrogen-bond acceptors (Lipinski definition) is 3. The van der Waals surface area contributed by atoms with Gasteiger partial charge in [0.15, 0.2) is 0 Å². The van der Waals surface area contributed by atoms with Gasteiger partial charge in [0, 0.05) is 19.8 Å². The summed E-state index contributed by atoms with van der Waals surface area (Å²) in [5, 5.41) is 2.85. The van der Waals surface area contributed by atoms with Gasteiger partial charge in [0.05, 0.1) is 17.3 Å². The number of carbonyl (C=O) groups excluding carboxylic acids is 1. The molecule has 7 heteroatoms. The second-order valence-corrected chi connectivity index (χ2v) is 7.76. The van der Waals surface area contributed by atoms with E-state index in [1.54, 1.807) is 18.2 Å². The van der Waals surface area contributed by atoms with Crippen LogP contribution in [0.25, 0.3) is 0 Å². The van der Waals surface area contributed by atoms with Crippen molar-refractivity contribution in [2.24, 2.45) is 0 Å². The third-order valence-corrected chi connectivity index (χ3v) is 6.08. The van der Waals surface area contributed by atoms with Crippen molar-refractivity contribution in [2.45, 2.75) is 12.8 Å². The SMILES string of the molecule is CC(C(=O)Nc1ccc2c(c1)N(C)S(=O)(=O)N2C)c1ccccc1. The van der Waals surface area contributed by atoms with Crippen LogP contribution in [0.2, 0.25) is 0 Å². The molecular weight excluding hydrogens is 326 g/mol. The van der Waals surface area contributed by atoms with Gasteiger partial charge in [-0.2, -0.15) is 8.42 Å². The lowest BCUT2D eigenvalue weighted by molar-refractivity contribution is -0.117. The Morgan fingerprint density at radius 2 is 1.62 bits per heavy atom. The average Bonchev–Trinajstić information content (AvgIpc) is 2.75. The standard InChI is InChI=1S/C17H19N3O3S/c1-12(13-7-5-4-6-8-13)17(21)18-14-9-10-15-16(11-14)20(3)24(22,23)19(15)2/h4-12H,1-3H3,(H,18,21). The molecule has 6 nitrogen and oxygen atoms in total. The molecule has 126 valence electrons. The molecule has 1 aliphatic heterocycles. The van der Waals surface area contributed by atoms with Crippen molar-refractivity contribution in [3.63, 3.8) is 0 Å². The molecule has 1 atom stereocenters. The van der Waals surface area contributed by atoms with Crippen molar-refractivity contribution < 1.29 is 13.2 Å². The molecule has 2 aromatic carbocycles. The van der Waals surface area contributed by atoms with E-state index in [1.165, 1.54) is 22.7 Å². The molecule has 1 aliphatic rings. The maximum absolute atomic E-state index is 12.4. The molecule has 1 N–H and O–H groups in total. The van der Waals surface area contributed by atoms with E-state index < -0.39 is 10.2 Å². The zero-order valence-corrected chi connectivity index (χ0v) is 14.5. The molecule has 3 rings (SSSR count). The summed E-state index contributed by atoms with van der Waals surface area (Å²) in [6.45, 7) is 1.84. The van der Waals surface area contributed by atoms with E-state index in [0.29, 0.717) is 17.1 Å². The highest BCUT2D eigenvalue weighted by Crippen LogP contribution is 2.40. The fourth-order valence-corrected chi connectivity index (χ4v) is 3.86. The molecule has 0 bridgehead atoms. The van der Waals surface area contributed by atoms with Crippen LogP contribution in [0.3, 0.4) is 0 Å². The van der Waals surface area contributed by atoms with E-state index in [2.05, 4.69) is 5.32 Å². The van der Waals surface area contributed by atoms with Crippen molar-refractivity contribution in [1.82, 2.24) is 0 Å². The number of rotatable bonds is 3. The molecule has 0 saturated carbocycles. The van der Waals surface area contributed by atoms with Crippen LogP contribution < -0.4 is 13.9 Å². The Morgan fingerprint density at radius 1 is 1.00 bits per heavy atom. The van der Waals surface area contributed by atoms with Crippen molar-refractivity contribution in [1.29, 1.82) is 0 Å². The largest absolute Gasteiger partial charge is 0.326 e. The highest BCUT2D eigenvalue weighted by Gasteiger charge is 2.35. The third kappa shape index (κ3) is 2.60.